The molecule has 0 bridgehead atoms. The molecule has 2 heterocycles. The molecular weight excluding hydrogens is 296 g/mol. The minimum atomic E-state index is -0.468. The van der Waals surface area contributed by atoms with Crippen LogP contribution < -0.4 is 10.6 Å². The maximum absolute atomic E-state index is 12.1. The van der Waals surface area contributed by atoms with E-state index < -0.39 is 5.60 Å². The Morgan fingerprint density at radius 1 is 1.17 bits per heavy atom. The summed E-state index contributed by atoms with van der Waals surface area (Å²) in [5.41, 5.74) is -0.468. The zero-order chi connectivity index (χ0) is 16.6. The number of hydrogen-bond acceptors (Lipinski definition) is 5. The van der Waals surface area contributed by atoms with Crippen LogP contribution >= 0.6 is 0 Å². The number of hydrogen-bond donors (Lipinski definition) is 2. The molecule has 3 aliphatic rings. The van der Waals surface area contributed by atoms with Crippen molar-refractivity contribution in [1.29, 1.82) is 0 Å². The highest BCUT2D eigenvalue weighted by Crippen LogP contribution is 2.35. The number of nitrogens with one attached hydrogen (secondary N) is 2. The van der Waals surface area contributed by atoms with Crippen molar-refractivity contribution in [3.05, 3.63) is 0 Å². The summed E-state index contributed by atoms with van der Waals surface area (Å²) in [5.74, 6) is 0.784. The number of nitrogens with zero attached hydrogens (tertiary/aromatic N) is 2. The Morgan fingerprint density at radius 2 is 1.83 bits per heavy atom. The third-order valence-corrected chi connectivity index (χ3v) is 4.60. The number of ether oxygens (including phenoxy) is 1. The summed E-state index contributed by atoms with van der Waals surface area (Å²) in [6.07, 6.45) is 2.67. The molecule has 2 N–H and O–H groups in total. The molecule has 0 aromatic heterocycles. The van der Waals surface area contributed by atoms with Gasteiger partial charge in [0.15, 0.2) is 0 Å². The molecule has 3 rings (SSSR count). The van der Waals surface area contributed by atoms with E-state index in [1.54, 1.807) is 4.90 Å². The number of amides is 2. The highest BCUT2D eigenvalue weighted by atomic mass is 16.6. The van der Waals surface area contributed by atoms with Crippen LogP contribution in [0, 0.1) is 5.92 Å². The van der Waals surface area contributed by atoms with E-state index >= 15 is 0 Å². The lowest BCUT2D eigenvalue weighted by Crippen LogP contribution is -2.67. The molecule has 2 saturated heterocycles. The molecule has 7 heteroatoms. The maximum atomic E-state index is 12.1. The van der Waals surface area contributed by atoms with Gasteiger partial charge in [-0.2, -0.15) is 0 Å². The van der Waals surface area contributed by atoms with Gasteiger partial charge < -0.3 is 15.0 Å². The lowest BCUT2D eigenvalue weighted by molar-refractivity contribution is -0.127. The van der Waals surface area contributed by atoms with Crippen molar-refractivity contribution in [2.45, 2.75) is 58.0 Å². The molecule has 2 aliphatic heterocycles. The lowest BCUT2D eigenvalue weighted by Gasteiger charge is -2.43. The largest absolute Gasteiger partial charge is 0.444 e. The summed E-state index contributed by atoms with van der Waals surface area (Å²) in [4.78, 5) is 28.0. The average Bonchev–Trinajstić information content (AvgIpc) is 3.29. The lowest BCUT2D eigenvalue weighted by atomic mass is 10.1. The molecule has 1 saturated carbocycles. The van der Waals surface area contributed by atoms with Gasteiger partial charge in [-0.1, -0.05) is 0 Å². The first-order chi connectivity index (χ1) is 10.8. The Morgan fingerprint density at radius 3 is 2.39 bits per heavy atom. The van der Waals surface area contributed by atoms with Crippen molar-refractivity contribution in [3.8, 4) is 0 Å². The van der Waals surface area contributed by atoms with Crippen molar-refractivity contribution < 1.29 is 14.3 Å². The van der Waals surface area contributed by atoms with E-state index in [2.05, 4.69) is 15.5 Å². The second-order valence-corrected chi connectivity index (χ2v) is 7.79. The fourth-order valence-corrected chi connectivity index (χ4v) is 3.20. The fourth-order valence-electron chi connectivity index (χ4n) is 3.20. The van der Waals surface area contributed by atoms with Crippen LogP contribution in [0.1, 0.15) is 40.0 Å². The smallest absolute Gasteiger partial charge is 0.410 e. The molecule has 0 spiro atoms. The minimum Gasteiger partial charge on any atom is -0.444 e. The van der Waals surface area contributed by atoms with Crippen LogP contribution in [0.4, 0.5) is 4.79 Å². The topological polar surface area (TPSA) is 73.9 Å². The zero-order valence-corrected chi connectivity index (χ0v) is 14.3. The molecule has 2 amide bonds. The van der Waals surface area contributed by atoms with Crippen LogP contribution in [-0.2, 0) is 9.53 Å². The van der Waals surface area contributed by atoms with Crippen LogP contribution in [0.2, 0.25) is 0 Å². The summed E-state index contributed by atoms with van der Waals surface area (Å²) in [7, 11) is 0. The quantitative estimate of drug-likeness (QED) is 0.783. The predicted octanol–water partition coefficient (Wildman–Crippen LogP) is 0.711. The number of carbonyl (C=O) groups excluding carboxylic acids is 2. The van der Waals surface area contributed by atoms with Gasteiger partial charge in [-0.25, -0.2) is 4.79 Å². The third kappa shape index (κ3) is 4.35. The number of rotatable bonds is 2. The summed E-state index contributed by atoms with van der Waals surface area (Å²) in [5, 5.41) is 6.58. The van der Waals surface area contributed by atoms with Gasteiger partial charge in [0, 0.05) is 38.6 Å². The summed E-state index contributed by atoms with van der Waals surface area (Å²) < 4.78 is 5.41. The van der Waals surface area contributed by atoms with Gasteiger partial charge >= 0.3 is 6.09 Å². The van der Waals surface area contributed by atoms with Crippen molar-refractivity contribution in [2.24, 2.45) is 5.92 Å². The van der Waals surface area contributed by atoms with Crippen molar-refractivity contribution in [2.75, 3.05) is 26.2 Å². The van der Waals surface area contributed by atoms with E-state index in [1.807, 2.05) is 20.8 Å². The molecule has 2 unspecified atom stereocenters. The van der Waals surface area contributed by atoms with Gasteiger partial charge in [-0.3, -0.25) is 15.0 Å². The van der Waals surface area contributed by atoms with Gasteiger partial charge in [0.25, 0.3) is 0 Å². The first kappa shape index (κ1) is 16.5. The molecule has 0 radical (unpaired) electrons. The number of carbonyl (C=O) groups is 2. The average molecular weight is 324 g/mol. The normalized spacial score (nSPS) is 30.0. The third-order valence-electron chi connectivity index (χ3n) is 4.60. The Hall–Kier alpha value is -1.34. The standard InChI is InChI=1S/C16H28N4O3/c1-16(2,3)23-15(22)20-8-6-19(7-9-20)14-17-12(11-4-5-11)10-13(21)18-14/h11-12,14,17H,4-10H2,1-3H3,(H,18,21). The zero-order valence-electron chi connectivity index (χ0n) is 14.3. The van der Waals surface area contributed by atoms with E-state index in [0.29, 0.717) is 31.5 Å². The number of piperazine rings is 1. The van der Waals surface area contributed by atoms with Crippen LogP contribution in [0.15, 0.2) is 0 Å². The monoisotopic (exact) mass is 324 g/mol. The first-order valence-electron chi connectivity index (χ1n) is 8.59. The van der Waals surface area contributed by atoms with E-state index in [4.69, 9.17) is 4.74 Å². The van der Waals surface area contributed by atoms with Gasteiger partial charge in [0.1, 0.15) is 11.9 Å². The molecule has 3 fully saturated rings. The van der Waals surface area contributed by atoms with Gasteiger partial charge in [0.05, 0.1) is 0 Å². The maximum Gasteiger partial charge on any atom is 0.410 e. The van der Waals surface area contributed by atoms with Gasteiger partial charge in [0.2, 0.25) is 5.91 Å². The Bertz CT molecular complexity index is 464. The summed E-state index contributed by atoms with van der Waals surface area (Å²) >= 11 is 0. The van der Waals surface area contributed by atoms with Crippen LogP contribution in [0.25, 0.3) is 0 Å². The molecule has 0 aromatic carbocycles. The van der Waals surface area contributed by atoms with E-state index in [-0.39, 0.29) is 18.3 Å². The highest BCUT2D eigenvalue weighted by Gasteiger charge is 2.39. The van der Waals surface area contributed by atoms with Crippen LogP contribution in [0.3, 0.4) is 0 Å². The van der Waals surface area contributed by atoms with Crippen molar-refractivity contribution >= 4 is 12.0 Å². The van der Waals surface area contributed by atoms with Gasteiger partial charge in [-0.05, 0) is 39.5 Å². The van der Waals surface area contributed by atoms with E-state index in [9.17, 15) is 9.59 Å². The minimum absolute atomic E-state index is 0.109. The van der Waals surface area contributed by atoms with Crippen molar-refractivity contribution in [3.63, 3.8) is 0 Å². The fraction of sp³-hybridized carbons (Fsp3) is 0.875. The Labute approximate surface area is 137 Å². The van der Waals surface area contributed by atoms with E-state index in [0.717, 1.165) is 13.1 Å². The molecule has 0 aromatic rings. The highest BCUT2D eigenvalue weighted by molar-refractivity contribution is 5.77. The second-order valence-electron chi connectivity index (χ2n) is 7.79. The molecule has 23 heavy (non-hydrogen) atoms. The van der Waals surface area contributed by atoms with E-state index in [1.165, 1.54) is 12.8 Å². The SMILES string of the molecule is CC(C)(C)OC(=O)N1CCN(C2NC(=O)CC(C3CC3)N2)CC1. The predicted molar refractivity (Wildman–Crippen MR) is 85.6 cm³/mol. The first-order valence-corrected chi connectivity index (χ1v) is 8.59. The van der Waals surface area contributed by atoms with Crippen LogP contribution in [-0.4, -0.2) is 65.9 Å². The summed E-state index contributed by atoms with van der Waals surface area (Å²) in [6.45, 7) is 8.33. The molecule has 130 valence electrons. The second kappa shape index (κ2) is 6.28. The molecular formula is C16H28N4O3. The molecule has 2 atom stereocenters. The molecule has 7 nitrogen and oxygen atoms in total. The Kier molecular flexibility index (Phi) is 4.51. The van der Waals surface area contributed by atoms with Crippen molar-refractivity contribution in [1.82, 2.24) is 20.4 Å². The van der Waals surface area contributed by atoms with Crippen LogP contribution in [0.5, 0.6) is 0 Å². The Balaban J connectivity index is 1.50. The molecule has 1 aliphatic carbocycles. The summed E-state index contributed by atoms with van der Waals surface area (Å²) in [6, 6.07) is 0.303. The van der Waals surface area contributed by atoms with Gasteiger partial charge in [-0.15, -0.1) is 0 Å².